The number of hydrogen-bond acceptors (Lipinski definition) is 4. The number of fused-ring (bicyclic) bond motifs is 1. The van der Waals surface area contributed by atoms with Gasteiger partial charge in [-0.1, -0.05) is 30.3 Å². The number of nitrogens with one attached hydrogen (secondary N) is 1. The first-order valence-electron chi connectivity index (χ1n) is 7.85. The van der Waals surface area contributed by atoms with Gasteiger partial charge in [0.1, 0.15) is 6.33 Å². The van der Waals surface area contributed by atoms with Crippen molar-refractivity contribution in [2.24, 2.45) is 0 Å². The Bertz CT molecular complexity index is 1080. The van der Waals surface area contributed by atoms with Gasteiger partial charge in [0, 0.05) is 11.3 Å². The Morgan fingerprint density at radius 2 is 1.84 bits per heavy atom. The molecule has 4 rings (SSSR count). The van der Waals surface area contributed by atoms with Gasteiger partial charge in [0.25, 0.3) is 11.9 Å². The maximum absolute atomic E-state index is 12.6. The minimum absolute atomic E-state index is 0.242. The molecule has 7 nitrogen and oxygen atoms in total. The van der Waals surface area contributed by atoms with Crippen molar-refractivity contribution in [3.63, 3.8) is 0 Å². The van der Waals surface area contributed by atoms with Crippen LogP contribution in [0.2, 0.25) is 0 Å². The molecule has 0 unspecified atom stereocenters. The zero-order chi connectivity index (χ0) is 17.4. The van der Waals surface area contributed by atoms with Crippen molar-refractivity contribution in [1.82, 2.24) is 24.7 Å². The third-order valence-electron chi connectivity index (χ3n) is 3.96. The van der Waals surface area contributed by atoms with Gasteiger partial charge in [-0.15, -0.1) is 10.2 Å². The summed E-state index contributed by atoms with van der Waals surface area (Å²) in [5.41, 5.74) is 5.14. The van der Waals surface area contributed by atoms with E-state index < -0.39 is 0 Å². The summed E-state index contributed by atoms with van der Waals surface area (Å²) in [5.74, 6) is 0.188. The van der Waals surface area contributed by atoms with E-state index in [4.69, 9.17) is 0 Å². The lowest BCUT2D eigenvalue weighted by Crippen LogP contribution is -2.25. The maximum atomic E-state index is 12.6. The minimum Gasteiger partial charge on any atom is -0.267 e. The second-order valence-corrected chi connectivity index (χ2v) is 5.84. The molecule has 2 aromatic carbocycles. The first kappa shape index (κ1) is 15.1. The molecule has 4 aromatic rings. The molecule has 124 valence electrons. The topological polar surface area (TPSA) is 77.6 Å². The molecule has 0 aliphatic rings. The molecule has 0 atom stereocenters. The fourth-order valence-corrected chi connectivity index (χ4v) is 2.79. The van der Waals surface area contributed by atoms with Crippen LogP contribution >= 0.6 is 0 Å². The van der Waals surface area contributed by atoms with Crippen molar-refractivity contribution in [3.8, 4) is 5.95 Å². The Balaban J connectivity index is 1.65. The van der Waals surface area contributed by atoms with Crippen molar-refractivity contribution in [1.29, 1.82) is 0 Å². The van der Waals surface area contributed by atoms with Crippen LogP contribution < -0.4 is 5.43 Å². The summed E-state index contributed by atoms with van der Waals surface area (Å²) in [6, 6.07) is 15.4. The molecule has 0 radical (unpaired) electrons. The molecule has 25 heavy (non-hydrogen) atoms. The molecule has 1 amide bonds. The number of amides is 1. The van der Waals surface area contributed by atoms with Crippen LogP contribution in [0.3, 0.4) is 0 Å². The molecule has 0 saturated heterocycles. The smallest absolute Gasteiger partial charge is 0.267 e. The molecule has 0 aliphatic carbocycles. The number of benzene rings is 2. The molecule has 2 heterocycles. The summed E-state index contributed by atoms with van der Waals surface area (Å²) in [7, 11) is 0. The van der Waals surface area contributed by atoms with Gasteiger partial charge in [-0.25, -0.2) is 9.36 Å². The van der Waals surface area contributed by atoms with Crippen LogP contribution in [-0.2, 0) is 0 Å². The highest BCUT2D eigenvalue weighted by Gasteiger charge is 2.14. The molecule has 0 aliphatic heterocycles. The third-order valence-corrected chi connectivity index (χ3v) is 3.96. The average molecular weight is 332 g/mol. The summed E-state index contributed by atoms with van der Waals surface area (Å²) < 4.78 is 3.11. The Kier molecular flexibility index (Phi) is 3.53. The van der Waals surface area contributed by atoms with Gasteiger partial charge in [-0.2, -0.15) is 5.10 Å². The largest absolute Gasteiger partial charge is 0.271 e. The molecule has 0 bridgehead atoms. The second-order valence-electron chi connectivity index (χ2n) is 5.84. The van der Waals surface area contributed by atoms with Gasteiger partial charge in [0.2, 0.25) is 0 Å². The van der Waals surface area contributed by atoms with E-state index in [1.54, 1.807) is 10.7 Å². The fraction of sp³-hybridized carbons (Fsp3) is 0.111. The number of nitrogens with zero attached hydrogens (tertiary/aromatic N) is 5. The number of aromatic nitrogens is 5. The third kappa shape index (κ3) is 2.76. The summed E-state index contributed by atoms with van der Waals surface area (Å²) in [6.07, 6.45) is 1.45. The van der Waals surface area contributed by atoms with Gasteiger partial charge in [-0.3, -0.25) is 10.2 Å². The average Bonchev–Trinajstić information content (AvgIpc) is 3.19. The SMILES string of the molecule is Cc1cc(C)n(-c2nncn2NC(=O)c2ccc3ccccc3c2)n1. The molecule has 2 aromatic heterocycles. The number of rotatable bonds is 3. The van der Waals surface area contributed by atoms with Gasteiger partial charge in [0.05, 0.1) is 5.69 Å². The van der Waals surface area contributed by atoms with Crippen LogP contribution in [0, 0.1) is 13.8 Å². The summed E-state index contributed by atoms with van der Waals surface area (Å²) in [6.45, 7) is 3.82. The molecule has 1 N–H and O–H groups in total. The summed E-state index contributed by atoms with van der Waals surface area (Å²) >= 11 is 0. The van der Waals surface area contributed by atoms with E-state index in [9.17, 15) is 4.79 Å². The zero-order valence-corrected chi connectivity index (χ0v) is 13.8. The van der Waals surface area contributed by atoms with Crippen molar-refractivity contribution in [2.45, 2.75) is 13.8 Å². The highest BCUT2D eigenvalue weighted by atomic mass is 16.2. The highest BCUT2D eigenvalue weighted by Crippen LogP contribution is 2.16. The van der Waals surface area contributed by atoms with E-state index in [1.807, 2.05) is 56.3 Å². The molecule has 0 spiro atoms. The zero-order valence-electron chi connectivity index (χ0n) is 13.8. The van der Waals surface area contributed by atoms with Crippen LogP contribution in [0.5, 0.6) is 0 Å². The molecule has 0 fully saturated rings. The van der Waals surface area contributed by atoms with Gasteiger partial charge < -0.3 is 0 Å². The number of hydrogen-bond donors (Lipinski definition) is 1. The van der Waals surface area contributed by atoms with Crippen LogP contribution in [0.4, 0.5) is 0 Å². The number of carbonyl (C=O) groups is 1. The second kappa shape index (κ2) is 5.86. The van der Waals surface area contributed by atoms with E-state index in [1.165, 1.54) is 11.0 Å². The van der Waals surface area contributed by atoms with Gasteiger partial charge in [0.15, 0.2) is 0 Å². The van der Waals surface area contributed by atoms with Crippen molar-refractivity contribution in [3.05, 3.63) is 71.8 Å². The first-order chi connectivity index (χ1) is 12.1. The maximum Gasteiger partial charge on any atom is 0.271 e. The molecule has 0 saturated carbocycles. The lowest BCUT2D eigenvalue weighted by molar-refractivity contribution is 0.101. The van der Waals surface area contributed by atoms with E-state index in [0.29, 0.717) is 11.5 Å². The van der Waals surface area contributed by atoms with Crippen LogP contribution in [0.25, 0.3) is 16.7 Å². The molecule has 7 heteroatoms. The summed E-state index contributed by atoms with van der Waals surface area (Å²) in [4.78, 5) is 12.6. The Hall–Kier alpha value is -3.48. The van der Waals surface area contributed by atoms with Gasteiger partial charge >= 0.3 is 0 Å². The molecular formula is C18H16N6O. The van der Waals surface area contributed by atoms with Gasteiger partial charge in [-0.05, 0) is 42.8 Å². The van der Waals surface area contributed by atoms with Crippen LogP contribution in [-0.4, -0.2) is 30.6 Å². The quantitative estimate of drug-likeness (QED) is 0.625. The fourth-order valence-electron chi connectivity index (χ4n) is 2.79. The Labute approximate surface area is 143 Å². The predicted octanol–water partition coefficient (Wildman–Crippen LogP) is 2.62. The predicted molar refractivity (Wildman–Crippen MR) is 94.3 cm³/mol. The van der Waals surface area contributed by atoms with Crippen LogP contribution in [0.1, 0.15) is 21.7 Å². The monoisotopic (exact) mass is 332 g/mol. The van der Waals surface area contributed by atoms with Crippen molar-refractivity contribution < 1.29 is 4.79 Å². The lowest BCUT2D eigenvalue weighted by Gasteiger charge is -2.10. The van der Waals surface area contributed by atoms with Crippen LogP contribution in [0.15, 0.2) is 54.9 Å². The summed E-state index contributed by atoms with van der Waals surface area (Å²) in [5, 5.41) is 14.4. The standard InChI is InChI=1S/C18H16N6O/c1-12-9-13(2)24(21-12)18-20-19-11-23(18)22-17(25)16-8-7-14-5-3-4-6-15(14)10-16/h3-11H,1-2H3,(H,22,25). The van der Waals surface area contributed by atoms with E-state index in [0.717, 1.165) is 22.2 Å². The number of aryl methyl sites for hydroxylation is 2. The first-order valence-corrected chi connectivity index (χ1v) is 7.85. The van der Waals surface area contributed by atoms with Crippen molar-refractivity contribution in [2.75, 3.05) is 5.43 Å². The van der Waals surface area contributed by atoms with E-state index in [2.05, 4.69) is 20.7 Å². The van der Waals surface area contributed by atoms with E-state index in [-0.39, 0.29) is 5.91 Å². The van der Waals surface area contributed by atoms with Crippen molar-refractivity contribution >= 4 is 16.7 Å². The minimum atomic E-state index is -0.242. The normalized spacial score (nSPS) is 11.0. The lowest BCUT2D eigenvalue weighted by atomic mass is 10.1. The van der Waals surface area contributed by atoms with E-state index >= 15 is 0 Å². The Morgan fingerprint density at radius 3 is 2.60 bits per heavy atom. The molecular weight excluding hydrogens is 316 g/mol. The number of carbonyl (C=O) groups excluding carboxylic acids is 1. The Morgan fingerprint density at radius 1 is 1.04 bits per heavy atom. The highest BCUT2D eigenvalue weighted by molar-refractivity contribution is 6.03.